The van der Waals surface area contributed by atoms with Crippen molar-refractivity contribution in [1.29, 1.82) is 0 Å². The van der Waals surface area contributed by atoms with Crippen LogP contribution in [0.3, 0.4) is 0 Å². The van der Waals surface area contributed by atoms with Gasteiger partial charge in [0.05, 0.1) is 0 Å². The van der Waals surface area contributed by atoms with Gasteiger partial charge in [0.25, 0.3) is 0 Å². The van der Waals surface area contributed by atoms with Crippen molar-refractivity contribution in [1.82, 2.24) is 0 Å². The van der Waals surface area contributed by atoms with E-state index in [9.17, 15) is 4.79 Å². The Bertz CT molecular complexity index is 428. The number of carbonyl (C=O) groups is 1. The van der Waals surface area contributed by atoms with Crippen LogP contribution in [-0.4, -0.2) is 25.3 Å². The molecule has 0 fully saturated rings. The molecule has 0 bridgehead atoms. The minimum atomic E-state index is 0.0833. The van der Waals surface area contributed by atoms with E-state index in [-0.39, 0.29) is 5.78 Å². The number of hydrogen-bond acceptors (Lipinski definition) is 3. The molecular formula is C13H12OS2Se. The molecule has 1 aromatic rings. The maximum absolute atomic E-state index is 11.8. The average molecular weight is 327 g/mol. The van der Waals surface area contributed by atoms with Gasteiger partial charge < -0.3 is 0 Å². The Labute approximate surface area is 116 Å². The summed E-state index contributed by atoms with van der Waals surface area (Å²) in [4.78, 5) is 14.0. The summed E-state index contributed by atoms with van der Waals surface area (Å²) in [6.07, 6.45) is 1.67. The van der Waals surface area contributed by atoms with E-state index in [4.69, 9.17) is 0 Å². The minimum absolute atomic E-state index is 0.0833. The molecule has 2 rings (SSSR count). The topological polar surface area (TPSA) is 17.1 Å². The maximum atomic E-state index is 11.8. The van der Waals surface area contributed by atoms with Crippen molar-refractivity contribution < 1.29 is 4.79 Å². The quantitative estimate of drug-likeness (QED) is 0.476. The first kappa shape index (κ1) is 13.0. The Morgan fingerprint density at radius 2 is 2.24 bits per heavy atom. The number of benzene rings is 1. The van der Waals surface area contributed by atoms with Crippen LogP contribution in [0, 0.1) is 0 Å². The number of hydrogen-bond donors (Lipinski definition) is 0. The van der Waals surface area contributed by atoms with E-state index in [2.05, 4.69) is 10.4 Å². The van der Waals surface area contributed by atoms with Gasteiger partial charge in [-0.25, -0.2) is 0 Å². The number of thioether (sulfide) groups is 2. The molecule has 0 saturated carbocycles. The molecule has 1 unspecified atom stereocenters. The van der Waals surface area contributed by atoms with Crippen molar-refractivity contribution in [2.24, 2.45) is 0 Å². The molecule has 1 aliphatic heterocycles. The van der Waals surface area contributed by atoms with Gasteiger partial charge in [0.15, 0.2) is 0 Å². The van der Waals surface area contributed by atoms with E-state index in [0.29, 0.717) is 19.5 Å². The normalized spacial score (nSPS) is 19.6. The Hall–Kier alpha value is -0.411. The summed E-state index contributed by atoms with van der Waals surface area (Å²) in [5, 5.41) is 5.35. The van der Waals surface area contributed by atoms with E-state index in [1.807, 2.05) is 47.5 Å². The van der Waals surface area contributed by atoms with Gasteiger partial charge in [0.1, 0.15) is 0 Å². The van der Waals surface area contributed by atoms with Crippen LogP contribution in [0.2, 0.25) is 5.32 Å². The van der Waals surface area contributed by atoms with Crippen LogP contribution in [0.4, 0.5) is 0 Å². The predicted octanol–water partition coefficient (Wildman–Crippen LogP) is 3.78. The van der Waals surface area contributed by atoms with Crippen molar-refractivity contribution >= 4 is 44.3 Å². The molecule has 1 nitrogen and oxygen atoms in total. The van der Waals surface area contributed by atoms with Crippen LogP contribution in [0.15, 0.2) is 52.2 Å². The summed E-state index contributed by atoms with van der Waals surface area (Å²) in [6.45, 7) is 0. The first-order chi connectivity index (χ1) is 8.36. The Kier molecular flexibility index (Phi) is 5.46. The van der Waals surface area contributed by atoms with E-state index in [1.54, 1.807) is 17.8 Å². The van der Waals surface area contributed by atoms with Gasteiger partial charge in [-0.2, -0.15) is 0 Å². The summed E-state index contributed by atoms with van der Waals surface area (Å²) in [5.41, 5.74) is 0.754. The second-order valence-electron chi connectivity index (χ2n) is 3.34. The first-order valence-electron chi connectivity index (χ1n) is 5.20. The Morgan fingerprint density at radius 1 is 1.41 bits per heavy atom. The van der Waals surface area contributed by atoms with Crippen molar-refractivity contribution in [3.8, 4) is 0 Å². The van der Waals surface area contributed by atoms with Crippen LogP contribution >= 0.6 is 23.5 Å². The number of carbonyl (C=O) groups excluding carboxylic acids is 1. The fraction of sp³-hybridized carbons (Fsp3) is 0.154. The zero-order valence-corrected chi connectivity index (χ0v) is 12.5. The van der Waals surface area contributed by atoms with Crippen LogP contribution < -0.4 is 0 Å². The average Bonchev–Trinajstić information content (AvgIpc) is 2.41. The van der Waals surface area contributed by atoms with Crippen LogP contribution in [0.1, 0.15) is 10.4 Å². The summed E-state index contributed by atoms with van der Waals surface area (Å²) in [7, 11) is 0. The SMILES string of the molecule is O=C(C=CSC1C[Se]C=CS1)c1ccccc1. The molecule has 0 saturated heterocycles. The summed E-state index contributed by atoms with van der Waals surface area (Å²) in [5.74, 6) is 0.0833. The summed E-state index contributed by atoms with van der Waals surface area (Å²) >= 11 is 4.23. The van der Waals surface area contributed by atoms with E-state index < -0.39 is 0 Å². The molecule has 1 heterocycles. The number of ketones is 1. The van der Waals surface area contributed by atoms with Gasteiger partial charge in [-0.3, -0.25) is 0 Å². The van der Waals surface area contributed by atoms with Gasteiger partial charge >= 0.3 is 117 Å². The van der Waals surface area contributed by atoms with Gasteiger partial charge in [0.2, 0.25) is 0 Å². The third kappa shape index (κ3) is 4.40. The molecule has 17 heavy (non-hydrogen) atoms. The Balaban J connectivity index is 1.84. The molecule has 0 aromatic heterocycles. The third-order valence-electron chi connectivity index (χ3n) is 2.12. The van der Waals surface area contributed by atoms with Gasteiger partial charge in [-0.1, -0.05) is 0 Å². The fourth-order valence-electron chi connectivity index (χ4n) is 1.29. The molecule has 0 spiro atoms. The molecule has 0 aliphatic carbocycles. The standard InChI is InChI=1S/C13H12OS2Se/c14-12(11-4-2-1-3-5-11)6-7-15-13-10-17-9-8-16-13/h1-9,13H,10H2. The number of allylic oxidation sites excluding steroid dienone is 1. The Morgan fingerprint density at radius 3 is 2.94 bits per heavy atom. The monoisotopic (exact) mass is 328 g/mol. The second kappa shape index (κ2) is 7.12. The fourth-order valence-corrected chi connectivity index (χ4v) is 6.05. The zero-order valence-electron chi connectivity index (χ0n) is 9.11. The zero-order chi connectivity index (χ0) is 11.9. The van der Waals surface area contributed by atoms with Crippen molar-refractivity contribution in [2.45, 2.75) is 9.90 Å². The van der Waals surface area contributed by atoms with Crippen LogP contribution in [-0.2, 0) is 0 Å². The summed E-state index contributed by atoms with van der Waals surface area (Å²) in [6, 6.07) is 9.39. The van der Waals surface area contributed by atoms with Crippen LogP contribution in [0.5, 0.6) is 0 Å². The molecule has 4 heteroatoms. The van der Waals surface area contributed by atoms with Gasteiger partial charge in [-0.15, -0.1) is 0 Å². The second-order valence-corrected chi connectivity index (χ2v) is 7.84. The summed E-state index contributed by atoms with van der Waals surface area (Å²) < 4.78 is 0.583. The van der Waals surface area contributed by atoms with E-state index in [1.165, 1.54) is 5.32 Å². The van der Waals surface area contributed by atoms with Crippen molar-refractivity contribution in [3.63, 3.8) is 0 Å². The van der Waals surface area contributed by atoms with E-state index >= 15 is 0 Å². The molecular weight excluding hydrogens is 315 g/mol. The molecule has 0 N–H and O–H groups in total. The van der Waals surface area contributed by atoms with Crippen molar-refractivity contribution in [3.05, 3.63) is 57.8 Å². The molecule has 0 radical (unpaired) electrons. The number of rotatable bonds is 4. The molecule has 1 atom stereocenters. The molecule has 88 valence electrons. The molecule has 0 amide bonds. The van der Waals surface area contributed by atoms with Gasteiger partial charge in [-0.05, 0) is 0 Å². The molecule has 1 aromatic carbocycles. The van der Waals surface area contributed by atoms with E-state index in [0.717, 1.165) is 5.56 Å². The van der Waals surface area contributed by atoms with Gasteiger partial charge in [0, 0.05) is 0 Å². The third-order valence-corrected chi connectivity index (χ3v) is 7.45. The predicted molar refractivity (Wildman–Crippen MR) is 78.6 cm³/mol. The van der Waals surface area contributed by atoms with Crippen LogP contribution in [0.25, 0.3) is 0 Å². The first-order valence-corrected chi connectivity index (χ1v) is 9.28. The van der Waals surface area contributed by atoms with Crippen molar-refractivity contribution in [2.75, 3.05) is 0 Å². The molecule has 1 aliphatic rings.